The quantitative estimate of drug-likeness (QED) is 0.845. The first-order valence-electron chi connectivity index (χ1n) is 5.84. The first-order valence-corrected chi connectivity index (χ1v) is 8.07. The summed E-state index contributed by atoms with van der Waals surface area (Å²) in [4.78, 5) is 0.227. The molecular weight excluding hydrogens is 342 g/mol. The second-order valence-corrected chi connectivity index (χ2v) is 6.90. The summed E-state index contributed by atoms with van der Waals surface area (Å²) in [5.74, 6) is 0.608. The number of halogens is 1. The van der Waals surface area contributed by atoms with Crippen molar-refractivity contribution < 1.29 is 13.2 Å². The van der Waals surface area contributed by atoms with Gasteiger partial charge in [0.25, 0.3) is 10.0 Å². The Morgan fingerprint density at radius 1 is 1.10 bits per heavy atom. The van der Waals surface area contributed by atoms with E-state index in [1.165, 1.54) is 11.4 Å². The van der Waals surface area contributed by atoms with Crippen LogP contribution in [0, 0.1) is 0 Å². The lowest BCUT2D eigenvalue weighted by atomic mass is 10.3. The lowest BCUT2D eigenvalue weighted by Crippen LogP contribution is -2.26. The molecule has 0 bridgehead atoms. The number of benzene rings is 2. The Labute approximate surface area is 127 Å². The van der Waals surface area contributed by atoms with Crippen molar-refractivity contribution in [3.63, 3.8) is 0 Å². The number of rotatable bonds is 4. The third kappa shape index (κ3) is 2.81. The van der Waals surface area contributed by atoms with Crippen molar-refractivity contribution >= 4 is 31.6 Å². The smallest absolute Gasteiger partial charge is 0.265 e. The molecule has 2 rings (SSSR count). The van der Waals surface area contributed by atoms with Gasteiger partial charge in [0, 0.05) is 17.6 Å². The van der Waals surface area contributed by atoms with Gasteiger partial charge in [0.1, 0.15) is 10.6 Å². The van der Waals surface area contributed by atoms with E-state index in [9.17, 15) is 8.42 Å². The van der Waals surface area contributed by atoms with E-state index in [2.05, 4.69) is 15.9 Å². The first kappa shape index (κ1) is 14.9. The molecule has 0 spiro atoms. The predicted octanol–water partition coefficient (Wildman–Crippen LogP) is 3.28. The predicted molar refractivity (Wildman–Crippen MR) is 82.7 cm³/mol. The number of methoxy groups -OCH3 is 1. The van der Waals surface area contributed by atoms with Crippen LogP contribution in [0.3, 0.4) is 0 Å². The third-order valence-electron chi connectivity index (χ3n) is 2.89. The molecule has 4 nitrogen and oxygen atoms in total. The van der Waals surface area contributed by atoms with Gasteiger partial charge in [-0.25, -0.2) is 8.42 Å². The monoisotopic (exact) mass is 355 g/mol. The molecule has 0 amide bonds. The highest BCUT2D eigenvalue weighted by Crippen LogP contribution is 2.29. The Morgan fingerprint density at radius 2 is 1.80 bits per heavy atom. The largest absolute Gasteiger partial charge is 0.497 e. The van der Waals surface area contributed by atoms with Gasteiger partial charge >= 0.3 is 0 Å². The van der Waals surface area contributed by atoms with E-state index in [4.69, 9.17) is 4.74 Å². The molecular formula is C14H14BrNO3S. The highest BCUT2D eigenvalue weighted by atomic mass is 79.9. The van der Waals surface area contributed by atoms with Gasteiger partial charge in [0.2, 0.25) is 0 Å². The van der Waals surface area contributed by atoms with Gasteiger partial charge in [-0.05, 0) is 40.2 Å². The van der Waals surface area contributed by atoms with E-state index in [1.807, 2.05) is 0 Å². The Kier molecular flexibility index (Phi) is 4.35. The summed E-state index contributed by atoms with van der Waals surface area (Å²) in [5.41, 5.74) is 0.542. The molecule has 0 aliphatic carbocycles. The molecule has 0 radical (unpaired) electrons. The molecule has 0 saturated carbocycles. The van der Waals surface area contributed by atoms with Crippen molar-refractivity contribution in [2.45, 2.75) is 4.90 Å². The number of ether oxygens (including phenoxy) is 1. The molecule has 0 unspecified atom stereocenters. The number of nitrogens with zero attached hydrogens (tertiary/aromatic N) is 1. The molecule has 0 N–H and O–H groups in total. The molecule has 20 heavy (non-hydrogen) atoms. The normalized spacial score (nSPS) is 11.2. The van der Waals surface area contributed by atoms with Crippen LogP contribution in [0.15, 0.2) is 57.9 Å². The maximum absolute atomic E-state index is 12.6. The molecule has 0 heterocycles. The molecule has 0 fully saturated rings. The van der Waals surface area contributed by atoms with Gasteiger partial charge in [0.05, 0.1) is 12.8 Å². The van der Waals surface area contributed by atoms with E-state index < -0.39 is 10.0 Å². The van der Waals surface area contributed by atoms with Gasteiger partial charge in [-0.15, -0.1) is 0 Å². The van der Waals surface area contributed by atoms with Gasteiger partial charge in [-0.1, -0.05) is 18.2 Å². The zero-order valence-corrected chi connectivity index (χ0v) is 13.5. The van der Waals surface area contributed by atoms with Crippen LogP contribution < -0.4 is 9.04 Å². The van der Waals surface area contributed by atoms with E-state index in [1.54, 1.807) is 55.6 Å². The Balaban J connectivity index is 2.46. The van der Waals surface area contributed by atoms with Crippen LogP contribution in [0.1, 0.15) is 0 Å². The van der Waals surface area contributed by atoms with Gasteiger partial charge < -0.3 is 4.74 Å². The second-order valence-electron chi connectivity index (χ2n) is 4.10. The summed E-state index contributed by atoms with van der Waals surface area (Å²) in [5, 5.41) is 0. The number of hydrogen-bond acceptors (Lipinski definition) is 3. The molecule has 0 saturated heterocycles. The lowest BCUT2D eigenvalue weighted by Gasteiger charge is -2.20. The molecule has 0 atom stereocenters. The topological polar surface area (TPSA) is 46.6 Å². The fourth-order valence-electron chi connectivity index (χ4n) is 1.75. The zero-order chi connectivity index (χ0) is 14.8. The molecule has 0 aliphatic heterocycles. The average Bonchev–Trinajstić information content (AvgIpc) is 2.46. The lowest BCUT2D eigenvalue weighted by molar-refractivity contribution is 0.415. The van der Waals surface area contributed by atoms with Crippen LogP contribution in [0.4, 0.5) is 5.69 Å². The van der Waals surface area contributed by atoms with Crippen LogP contribution in [-0.2, 0) is 10.0 Å². The van der Waals surface area contributed by atoms with Crippen molar-refractivity contribution in [3.8, 4) is 5.75 Å². The maximum atomic E-state index is 12.6. The number of anilines is 1. The van der Waals surface area contributed by atoms with Gasteiger partial charge in [-0.2, -0.15) is 0 Å². The van der Waals surface area contributed by atoms with Crippen molar-refractivity contribution in [1.82, 2.24) is 0 Å². The van der Waals surface area contributed by atoms with Crippen molar-refractivity contribution in [3.05, 3.63) is 53.0 Å². The van der Waals surface area contributed by atoms with Crippen LogP contribution in [0.25, 0.3) is 0 Å². The summed E-state index contributed by atoms with van der Waals surface area (Å²) in [6.45, 7) is 0. The minimum atomic E-state index is -3.62. The van der Waals surface area contributed by atoms with Crippen molar-refractivity contribution in [2.75, 3.05) is 18.5 Å². The molecule has 2 aromatic carbocycles. The molecule has 2 aromatic rings. The SMILES string of the molecule is COc1cccc(N(C)S(=O)(=O)c2ccccc2Br)c1. The van der Waals surface area contributed by atoms with E-state index in [0.717, 1.165) is 0 Å². The summed E-state index contributed by atoms with van der Waals surface area (Å²) in [7, 11) is -0.556. The minimum Gasteiger partial charge on any atom is -0.497 e. The van der Waals surface area contributed by atoms with Crippen LogP contribution in [-0.4, -0.2) is 22.6 Å². The average molecular weight is 356 g/mol. The van der Waals surface area contributed by atoms with Gasteiger partial charge in [-0.3, -0.25) is 4.31 Å². The fraction of sp³-hybridized carbons (Fsp3) is 0.143. The molecule has 6 heteroatoms. The highest BCUT2D eigenvalue weighted by Gasteiger charge is 2.23. The van der Waals surface area contributed by atoms with Crippen LogP contribution >= 0.6 is 15.9 Å². The van der Waals surface area contributed by atoms with E-state index >= 15 is 0 Å². The summed E-state index contributed by atoms with van der Waals surface area (Å²) >= 11 is 3.27. The Bertz CT molecular complexity index is 716. The molecule has 0 aromatic heterocycles. The van der Waals surface area contributed by atoms with Gasteiger partial charge in [0.15, 0.2) is 0 Å². The number of sulfonamides is 1. The maximum Gasteiger partial charge on any atom is 0.265 e. The summed E-state index contributed by atoms with van der Waals surface area (Å²) < 4.78 is 32.1. The number of hydrogen-bond donors (Lipinski definition) is 0. The molecule has 0 aliphatic rings. The van der Waals surface area contributed by atoms with Crippen LogP contribution in [0.2, 0.25) is 0 Å². The first-order chi connectivity index (χ1) is 9.46. The minimum absolute atomic E-state index is 0.227. The highest BCUT2D eigenvalue weighted by molar-refractivity contribution is 9.10. The fourth-order valence-corrected chi connectivity index (χ4v) is 3.90. The standard InChI is InChI=1S/C14H14BrNO3S/c1-16(11-6-5-7-12(10-11)19-2)20(17,18)14-9-4-3-8-13(14)15/h3-10H,1-2H3. The Morgan fingerprint density at radius 3 is 2.45 bits per heavy atom. The summed E-state index contributed by atoms with van der Waals surface area (Å²) in [6, 6.07) is 13.6. The van der Waals surface area contributed by atoms with Crippen molar-refractivity contribution in [1.29, 1.82) is 0 Å². The van der Waals surface area contributed by atoms with Crippen LogP contribution in [0.5, 0.6) is 5.75 Å². The molecule has 106 valence electrons. The Hall–Kier alpha value is -1.53. The van der Waals surface area contributed by atoms with E-state index in [0.29, 0.717) is 15.9 Å². The zero-order valence-electron chi connectivity index (χ0n) is 11.1. The van der Waals surface area contributed by atoms with Crippen molar-refractivity contribution in [2.24, 2.45) is 0 Å². The summed E-state index contributed by atoms with van der Waals surface area (Å²) in [6.07, 6.45) is 0. The second kappa shape index (κ2) is 5.85. The van der Waals surface area contributed by atoms with E-state index in [-0.39, 0.29) is 4.90 Å². The third-order valence-corrected chi connectivity index (χ3v) is 5.69.